The molecule has 0 bridgehead atoms. The molecule has 1 aliphatic carbocycles. The van der Waals surface area contributed by atoms with E-state index in [0.717, 1.165) is 43.1 Å². The highest BCUT2D eigenvalue weighted by Crippen LogP contribution is 2.59. The molecule has 2 aromatic heterocycles. The van der Waals surface area contributed by atoms with Crippen molar-refractivity contribution in [1.29, 1.82) is 0 Å². The monoisotopic (exact) mass is 433 g/mol. The first-order chi connectivity index (χ1) is 15.9. The lowest BCUT2D eigenvalue weighted by Gasteiger charge is -2.50. The van der Waals surface area contributed by atoms with E-state index in [2.05, 4.69) is 86.8 Å². The minimum atomic E-state index is 0.0686. The molecule has 33 heavy (non-hydrogen) atoms. The van der Waals surface area contributed by atoms with E-state index in [1.165, 1.54) is 22.0 Å². The number of hydrogen-bond acceptors (Lipinski definition) is 4. The standard InChI is InChI=1S/C26H29B2N5/c1-32-21-9-5-2-6-17(21)14-22(32)20-15-31-23(16-30-20)33-12-10-25(11-13-33)24(29)18-7-3-4-8-19(18)26(25,27)28/h2-9,14-16,24H,10-13,27-29H2,1H3/t24-/m1/s1. The van der Waals surface area contributed by atoms with Gasteiger partial charge in [-0.3, -0.25) is 0 Å². The van der Waals surface area contributed by atoms with Gasteiger partial charge in [-0.2, -0.15) is 0 Å². The number of aromatic nitrogens is 3. The van der Waals surface area contributed by atoms with Crippen LogP contribution < -0.4 is 10.6 Å². The van der Waals surface area contributed by atoms with Gasteiger partial charge in [0.25, 0.3) is 0 Å². The Balaban J connectivity index is 1.24. The highest BCUT2D eigenvalue weighted by molar-refractivity contribution is 6.41. The lowest BCUT2D eigenvalue weighted by atomic mass is 9.39. The summed E-state index contributed by atoms with van der Waals surface area (Å²) in [4.78, 5) is 12.0. The van der Waals surface area contributed by atoms with E-state index in [1.807, 2.05) is 12.4 Å². The van der Waals surface area contributed by atoms with E-state index in [9.17, 15) is 0 Å². The zero-order valence-electron chi connectivity index (χ0n) is 19.6. The van der Waals surface area contributed by atoms with Crippen LogP contribution in [-0.4, -0.2) is 43.3 Å². The van der Waals surface area contributed by atoms with Crippen LogP contribution in [0.5, 0.6) is 0 Å². The Morgan fingerprint density at radius 2 is 1.70 bits per heavy atom. The van der Waals surface area contributed by atoms with Crippen molar-refractivity contribution in [2.75, 3.05) is 18.0 Å². The Hall–Kier alpha value is -3.05. The first-order valence-electron chi connectivity index (χ1n) is 11.9. The first-order valence-corrected chi connectivity index (χ1v) is 11.9. The maximum absolute atomic E-state index is 6.90. The van der Waals surface area contributed by atoms with E-state index in [1.54, 1.807) is 0 Å². The van der Waals surface area contributed by atoms with Gasteiger partial charge < -0.3 is 15.2 Å². The fraction of sp³-hybridized carbons (Fsp3) is 0.308. The number of benzene rings is 2. The molecular weight excluding hydrogens is 404 g/mol. The van der Waals surface area contributed by atoms with Crippen molar-refractivity contribution in [2.24, 2.45) is 18.2 Å². The van der Waals surface area contributed by atoms with Crippen molar-refractivity contribution in [1.82, 2.24) is 14.5 Å². The van der Waals surface area contributed by atoms with Gasteiger partial charge in [0.15, 0.2) is 0 Å². The van der Waals surface area contributed by atoms with Crippen LogP contribution in [0, 0.1) is 5.41 Å². The third-order valence-corrected chi connectivity index (χ3v) is 8.64. The first kappa shape index (κ1) is 20.5. The van der Waals surface area contributed by atoms with Gasteiger partial charge in [-0.25, -0.2) is 9.97 Å². The van der Waals surface area contributed by atoms with Gasteiger partial charge in [-0.1, -0.05) is 53.2 Å². The lowest BCUT2D eigenvalue weighted by Crippen LogP contribution is -2.54. The summed E-state index contributed by atoms with van der Waals surface area (Å²) in [6.07, 6.45) is 5.96. The molecule has 2 aromatic carbocycles. The molecule has 5 nitrogen and oxygen atoms in total. The van der Waals surface area contributed by atoms with Crippen molar-refractivity contribution in [3.8, 4) is 11.4 Å². The van der Waals surface area contributed by atoms with E-state index in [0.29, 0.717) is 0 Å². The molecule has 0 radical (unpaired) electrons. The Kier molecular flexibility index (Phi) is 4.50. The zero-order chi connectivity index (χ0) is 22.8. The second-order valence-corrected chi connectivity index (χ2v) is 10.2. The van der Waals surface area contributed by atoms with Crippen LogP contribution in [0.15, 0.2) is 67.0 Å². The SMILES string of the molecule is BC1(B)c2ccccc2[C@@H](N)C12CCN(c1cnc(-c3cc4ccccc4n3C)cn1)CC2. The fourth-order valence-electron chi connectivity index (χ4n) is 6.51. The summed E-state index contributed by atoms with van der Waals surface area (Å²) in [6.45, 7) is 1.90. The summed E-state index contributed by atoms with van der Waals surface area (Å²) in [7, 11) is 6.85. The predicted octanol–water partition coefficient (Wildman–Crippen LogP) is 2.35. The molecule has 1 saturated heterocycles. The Labute approximate surface area is 196 Å². The quantitative estimate of drug-likeness (QED) is 0.494. The van der Waals surface area contributed by atoms with Crippen LogP contribution in [0.1, 0.15) is 30.0 Å². The number of piperidine rings is 1. The molecule has 4 aromatic rings. The number of fused-ring (bicyclic) bond motifs is 2. The molecular formula is C26H29B2N5. The second kappa shape index (κ2) is 7.22. The molecule has 2 N–H and O–H groups in total. The van der Waals surface area contributed by atoms with Crippen molar-refractivity contribution in [3.63, 3.8) is 0 Å². The van der Waals surface area contributed by atoms with Crippen molar-refractivity contribution >= 4 is 32.4 Å². The van der Waals surface area contributed by atoms with Crippen molar-refractivity contribution in [3.05, 3.63) is 78.1 Å². The highest BCUT2D eigenvalue weighted by atomic mass is 15.2. The maximum Gasteiger partial charge on any atom is 0.147 e. The van der Waals surface area contributed by atoms with Crippen LogP contribution in [0.2, 0.25) is 0 Å². The van der Waals surface area contributed by atoms with E-state index in [4.69, 9.17) is 15.7 Å². The summed E-state index contributed by atoms with van der Waals surface area (Å²) in [5, 5.41) is 1.29. The molecule has 164 valence electrons. The molecule has 0 saturated carbocycles. The Morgan fingerprint density at radius 3 is 2.39 bits per heavy atom. The smallest absolute Gasteiger partial charge is 0.147 e. The van der Waals surface area contributed by atoms with Crippen LogP contribution in [-0.2, 0) is 12.3 Å². The van der Waals surface area contributed by atoms with Gasteiger partial charge in [0.1, 0.15) is 27.2 Å². The molecule has 1 aliphatic heterocycles. The van der Waals surface area contributed by atoms with Crippen LogP contribution in [0.3, 0.4) is 0 Å². The summed E-state index contributed by atoms with van der Waals surface area (Å²) >= 11 is 0. The summed E-state index contributed by atoms with van der Waals surface area (Å²) < 4.78 is 2.19. The lowest BCUT2D eigenvalue weighted by molar-refractivity contribution is 0.161. The van der Waals surface area contributed by atoms with Gasteiger partial charge in [0.05, 0.1) is 18.1 Å². The molecule has 1 fully saturated rings. The number of anilines is 1. The van der Waals surface area contributed by atoms with Gasteiger partial charge in [0, 0.05) is 37.1 Å². The third-order valence-electron chi connectivity index (χ3n) is 8.64. The Morgan fingerprint density at radius 1 is 0.970 bits per heavy atom. The largest absolute Gasteiger partial charge is 0.355 e. The minimum Gasteiger partial charge on any atom is -0.355 e. The third kappa shape index (κ3) is 2.85. The normalized spacial score (nSPS) is 20.9. The maximum atomic E-state index is 6.90. The Bertz CT molecular complexity index is 1340. The van der Waals surface area contributed by atoms with Crippen molar-refractivity contribution in [2.45, 2.75) is 24.1 Å². The number of nitrogens with two attached hydrogens (primary N) is 1. The number of hydrogen-bond donors (Lipinski definition) is 1. The van der Waals surface area contributed by atoms with E-state index >= 15 is 0 Å². The number of rotatable bonds is 2. The molecule has 1 atom stereocenters. The second-order valence-electron chi connectivity index (χ2n) is 10.2. The van der Waals surface area contributed by atoms with E-state index < -0.39 is 0 Å². The average Bonchev–Trinajstić information content (AvgIpc) is 3.27. The zero-order valence-corrected chi connectivity index (χ0v) is 19.6. The molecule has 3 heterocycles. The molecule has 0 unspecified atom stereocenters. The number of aryl methyl sites for hydroxylation is 1. The molecule has 6 rings (SSSR count). The average molecular weight is 433 g/mol. The van der Waals surface area contributed by atoms with Crippen LogP contribution in [0.25, 0.3) is 22.3 Å². The number of para-hydroxylation sites is 1. The van der Waals surface area contributed by atoms with Gasteiger partial charge >= 0.3 is 0 Å². The van der Waals surface area contributed by atoms with E-state index in [-0.39, 0.29) is 16.7 Å². The van der Waals surface area contributed by atoms with Gasteiger partial charge in [0.2, 0.25) is 0 Å². The molecule has 1 spiro atoms. The highest BCUT2D eigenvalue weighted by Gasteiger charge is 2.56. The summed E-state index contributed by atoms with van der Waals surface area (Å²) in [5.74, 6) is 0.953. The topological polar surface area (TPSA) is 60.0 Å². The van der Waals surface area contributed by atoms with Crippen LogP contribution in [0.4, 0.5) is 5.82 Å². The van der Waals surface area contributed by atoms with Gasteiger partial charge in [-0.05, 0) is 36.0 Å². The summed E-state index contributed by atoms with van der Waals surface area (Å²) in [6, 6.07) is 19.4. The molecule has 2 aliphatic rings. The van der Waals surface area contributed by atoms with Crippen LogP contribution >= 0.6 is 0 Å². The predicted molar refractivity (Wildman–Crippen MR) is 140 cm³/mol. The minimum absolute atomic E-state index is 0.0686. The molecule has 0 amide bonds. The molecule has 7 heteroatoms. The van der Waals surface area contributed by atoms with Gasteiger partial charge in [-0.15, -0.1) is 0 Å². The fourth-order valence-corrected chi connectivity index (χ4v) is 6.51. The number of nitrogens with zero attached hydrogens (tertiary/aromatic N) is 4. The van der Waals surface area contributed by atoms with Crippen molar-refractivity contribution < 1.29 is 0 Å². The summed E-state index contributed by atoms with van der Waals surface area (Å²) in [5.41, 5.74) is 12.9.